The molecule has 1 fully saturated rings. The monoisotopic (exact) mass is 236 g/mol. The van der Waals surface area contributed by atoms with Crippen LogP contribution in [-0.2, 0) is 0 Å². The van der Waals surface area contributed by atoms with Crippen LogP contribution in [0.25, 0.3) is 0 Å². The molecular formula is C12H16N2O3. The Kier molecular flexibility index (Phi) is 2.21. The van der Waals surface area contributed by atoms with Crippen molar-refractivity contribution >= 4 is 0 Å². The van der Waals surface area contributed by atoms with Gasteiger partial charge in [-0.1, -0.05) is 0 Å². The summed E-state index contributed by atoms with van der Waals surface area (Å²) in [6.45, 7) is 1.62. The molecule has 0 aromatic heterocycles. The Morgan fingerprint density at radius 2 is 2.24 bits per heavy atom. The minimum absolute atomic E-state index is 0.162. The maximum atomic E-state index is 9.85. The van der Waals surface area contributed by atoms with Crippen LogP contribution in [0.5, 0.6) is 17.2 Å². The fourth-order valence-corrected chi connectivity index (χ4v) is 2.73. The largest absolute Gasteiger partial charge is 0.504 e. The lowest BCUT2D eigenvalue weighted by molar-refractivity contribution is 0.0514. The quantitative estimate of drug-likeness (QED) is 0.496. The number of aromatic hydroxyl groups is 2. The van der Waals surface area contributed by atoms with E-state index in [2.05, 4.69) is 5.32 Å². The molecular weight excluding hydrogens is 220 g/mol. The van der Waals surface area contributed by atoms with Crippen molar-refractivity contribution in [3.63, 3.8) is 0 Å². The minimum atomic E-state index is -0.336. The van der Waals surface area contributed by atoms with Crippen molar-refractivity contribution in [3.8, 4) is 17.2 Å². The molecule has 17 heavy (non-hydrogen) atoms. The first-order valence-corrected chi connectivity index (χ1v) is 5.81. The average molecular weight is 236 g/mol. The first-order valence-electron chi connectivity index (χ1n) is 5.81. The molecule has 92 valence electrons. The predicted octanol–water partition coefficient (Wildman–Crippen LogP) is 0.612. The summed E-state index contributed by atoms with van der Waals surface area (Å²) in [5.41, 5.74) is 6.55. The van der Waals surface area contributed by atoms with E-state index in [1.165, 1.54) is 6.07 Å². The molecule has 1 spiro atoms. The van der Waals surface area contributed by atoms with E-state index in [0.717, 1.165) is 31.5 Å². The van der Waals surface area contributed by atoms with Crippen LogP contribution in [0.4, 0.5) is 0 Å². The molecule has 2 unspecified atom stereocenters. The Morgan fingerprint density at radius 1 is 1.41 bits per heavy atom. The van der Waals surface area contributed by atoms with Gasteiger partial charge >= 0.3 is 0 Å². The van der Waals surface area contributed by atoms with Crippen molar-refractivity contribution in [2.24, 2.45) is 5.73 Å². The lowest BCUT2D eigenvalue weighted by atomic mass is 9.87. The van der Waals surface area contributed by atoms with Crippen LogP contribution in [0.3, 0.4) is 0 Å². The third-order valence-corrected chi connectivity index (χ3v) is 3.66. The van der Waals surface area contributed by atoms with Crippen molar-refractivity contribution in [3.05, 3.63) is 17.7 Å². The molecule has 2 aliphatic heterocycles. The van der Waals surface area contributed by atoms with Crippen LogP contribution in [0, 0.1) is 0 Å². The number of hydrogen-bond acceptors (Lipinski definition) is 5. The molecule has 0 radical (unpaired) electrons. The van der Waals surface area contributed by atoms with E-state index < -0.39 is 0 Å². The molecule has 2 aliphatic rings. The SMILES string of the molecule is NC1CC2(CCNC2)Oc2c1ccc(O)c2O. The van der Waals surface area contributed by atoms with E-state index in [4.69, 9.17) is 10.5 Å². The van der Waals surface area contributed by atoms with Gasteiger partial charge in [-0.3, -0.25) is 0 Å². The Hall–Kier alpha value is -1.46. The van der Waals surface area contributed by atoms with Crippen LogP contribution in [0.15, 0.2) is 12.1 Å². The summed E-state index contributed by atoms with van der Waals surface area (Å²) >= 11 is 0. The van der Waals surface area contributed by atoms with Crippen LogP contribution in [-0.4, -0.2) is 28.9 Å². The summed E-state index contributed by atoms with van der Waals surface area (Å²) < 4.78 is 5.91. The zero-order valence-corrected chi connectivity index (χ0v) is 9.44. The zero-order chi connectivity index (χ0) is 12.0. The third-order valence-electron chi connectivity index (χ3n) is 3.66. The van der Waals surface area contributed by atoms with Gasteiger partial charge in [0, 0.05) is 31.0 Å². The predicted molar refractivity (Wildman–Crippen MR) is 62.2 cm³/mol. The van der Waals surface area contributed by atoms with Gasteiger partial charge in [0.05, 0.1) is 0 Å². The van der Waals surface area contributed by atoms with Crippen LogP contribution >= 0.6 is 0 Å². The average Bonchev–Trinajstić information content (AvgIpc) is 2.72. The minimum Gasteiger partial charge on any atom is -0.504 e. The fraction of sp³-hybridized carbons (Fsp3) is 0.500. The molecule has 0 bridgehead atoms. The van der Waals surface area contributed by atoms with Crippen molar-refractivity contribution in [1.82, 2.24) is 5.32 Å². The maximum Gasteiger partial charge on any atom is 0.200 e. The Labute approximate surface area is 99.2 Å². The number of fused-ring (bicyclic) bond motifs is 1. The molecule has 5 heteroatoms. The molecule has 3 rings (SSSR count). The molecule has 2 heterocycles. The topological polar surface area (TPSA) is 87.7 Å². The van der Waals surface area contributed by atoms with Gasteiger partial charge in [-0.15, -0.1) is 0 Å². The first-order chi connectivity index (χ1) is 8.11. The normalized spacial score (nSPS) is 31.2. The van der Waals surface area contributed by atoms with E-state index in [1.807, 2.05) is 0 Å². The Balaban J connectivity index is 2.07. The lowest BCUT2D eigenvalue weighted by Crippen LogP contribution is -2.44. The van der Waals surface area contributed by atoms with Crippen LogP contribution < -0.4 is 15.8 Å². The van der Waals surface area contributed by atoms with Crippen LogP contribution in [0.2, 0.25) is 0 Å². The number of nitrogens with two attached hydrogens (primary N) is 1. The fourth-order valence-electron chi connectivity index (χ4n) is 2.73. The van der Waals surface area contributed by atoms with Gasteiger partial charge in [-0.05, 0) is 18.7 Å². The number of phenolic OH excluding ortho intramolecular Hbond substituents is 2. The van der Waals surface area contributed by atoms with Gasteiger partial charge in [-0.25, -0.2) is 0 Å². The summed E-state index contributed by atoms with van der Waals surface area (Å²) in [6.07, 6.45) is 1.60. The van der Waals surface area contributed by atoms with Gasteiger partial charge in [0.1, 0.15) is 5.60 Å². The molecule has 2 atom stereocenters. The summed E-state index contributed by atoms with van der Waals surface area (Å²) in [4.78, 5) is 0. The third kappa shape index (κ3) is 1.54. The second-order valence-electron chi connectivity index (χ2n) is 4.87. The molecule has 1 saturated heterocycles. The van der Waals surface area contributed by atoms with Gasteiger partial charge in [0.2, 0.25) is 5.75 Å². The highest BCUT2D eigenvalue weighted by Crippen LogP contribution is 2.48. The lowest BCUT2D eigenvalue weighted by Gasteiger charge is -2.38. The second kappa shape index (κ2) is 3.51. The first kappa shape index (κ1) is 10.7. The number of hydrogen-bond donors (Lipinski definition) is 4. The standard InChI is InChI=1S/C12H16N2O3/c13-8-5-12(3-4-14-6-12)17-11-7(8)1-2-9(15)10(11)16/h1-2,8,14-16H,3-6,13H2. The summed E-state index contributed by atoms with van der Waals surface area (Å²) in [5.74, 6) is -0.0321. The molecule has 5 nitrogen and oxygen atoms in total. The van der Waals surface area contributed by atoms with E-state index in [-0.39, 0.29) is 23.1 Å². The van der Waals surface area contributed by atoms with Gasteiger partial charge < -0.3 is 26.0 Å². The number of ether oxygens (including phenoxy) is 1. The highest BCUT2D eigenvalue weighted by atomic mass is 16.5. The van der Waals surface area contributed by atoms with Crippen molar-refractivity contribution < 1.29 is 14.9 Å². The highest BCUT2D eigenvalue weighted by Gasteiger charge is 2.43. The van der Waals surface area contributed by atoms with Crippen LogP contribution in [0.1, 0.15) is 24.4 Å². The number of nitrogens with one attached hydrogen (secondary N) is 1. The highest BCUT2D eigenvalue weighted by molar-refractivity contribution is 5.56. The summed E-state index contributed by atoms with van der Waals surface area (Å²) in [6, 6.07) is 3.00. The molecule has 0 saturated carbocycles. The number of benzene rings is 1. The van der Waals surface area contributed by atoms with Crippen molar-refractivity contribution in [1.29, 1.82) is 0 Å². The zero-order valence-electron chi connectivity index (χ0n) is 9.44. The summed E-state index contributed by atoms with van der Waals surface area (Å²) in [7, 11) is 0. The van der Waals surface area contributed by atoms with E-state index in [9.17, 15) is 10.2 Å². The van der Waals surface area contributed by atoms with Gasteiger partial charge in [0.15, 0.2) is 11.5 Å². The number of phenols is 2. The van der Waals surface area contributed by atoms with Crippen molar-refractivity contribution in [2.45, 2.75) is 24.5 Å². The smallest absolute Gasteiger partial charge is 0.200 e. The maximum absolute atomic E-state index is 9.85. The van der Waals surface area contributed by atoms with Gasteiger partial charge in [0.25, 0.3) is 0 Å². The van der Waals surface area contributed by atoms with E-state index >= 15 is 0 Å². The Bertz CT molecular complexity index is 455. The van der Waals surface area contributed by atoms with E-state index in [0.29, 0.717) is 5.75 Å². The molecule has 1 aromatic rings. The summed E-state index contributed by atoms with van der Waals surface area (Å²) in [5, 5.41) is 22.6. The van der Waals surface area contributed by atoms with E-state index in [1.54, 1.807) is 6.07 Å². The number of rotatable bonds is 0. The molecule has 1 aromatic carbocycles. The molecule has 5 N–H and O–H groups in total. The molecule has 0 aliphatic carbocycles. The Morgan fingerprint density at radius 3 is 2.94 bits per heavy atom. The van der Waals surface area contributed by atoms with Crippen molar-refractivity contribution in [2.75, 3.05) is 13.1 Å². The van der Waals surface area contributed by atoms with Gasteiger partial charge in [-0.2, -0.15) is 0 Å². The molecule has 0 amide bonds. The second-order valence-corrected chi connectivity index (χ2v) is 4.87.